The number of pyridine rings is 1. The summed E-state index contributed by atoms with van der Waals surface area (Å²) in [7, 11) is -3.76. The second-order valence-electron chi connectivity index (χ2n) is 6.65. The molecule has 0 amide bonds. The topological polar surface area (TPSA) is 120 Å². The van der Waals surface area contributed by atoms with Gasteiger partial charge in [-0.25, -0.2) is 18.4 Å². The fourth-order valence-electron chi connectivity index (χ4n) is 3.21. The minimum Gasteiger partial charge on any atom is -0.494 e. The average molecular weight is 466 g/mol. The van der Waals surface area contributed by atoms with Gasteiger partial charge in [0.1, 0.15) is 5.82 Å². The van der Waals surface area contributed by atoms with Crippen LogP contribution < -0.4 is 4.72 Å². The Hall–Kier alpha value is -3.76. The van der Waals surface area contributed by atoms with Gasteiger partial charge in [0.25, 0.3) is 10.0 Å². The molecule has 0 spiro atoms. The van der Waals surface area contributed by atoms with E-state index in [1.165, 1.54) is 29.7 Å². The van der Waals surface area contributed by atoms with Crippen LogP contribution in [0, 0.1) is 0 Å². The van der Waals surface area contributed by atoms with E-state index in [2.05, 4.69) is 24.7 Å². The molecule has 32 heavy (non-hydrogen) atoms. The summed E-state index contributed by atoms with van der Waals surface area (Å²) < 4.78 is 28.4. The van der Waals surface area contributed by atoms with Crippen molar-refractivity contribution < 1.29 is 13.5 Å². The number of aromatic amines is 1. The molecule has 5 aromatic rings. The van der Waals surface area contributed by atoms with E-state index in [-0.39, 0.29) is 24.0 Å². The fraction of sp³-hybridized carbons (Fsp3) is 0.0455. The number of sulfonamides is 1. The first-order valence-electron chi connectivity index (χ1n) is 9.16. The number of thiazole rings is 1. The highest BCUT2D eigenvalue weighted by atomic mass is 32.2. The van der Waals surface area contributed by atoms with Crippen LogP contribution in [0.15, 0.2) is 76.2 Å². The maximum atomic E-state index is 12.5. The number of hydrogen-bond donors (Lipinski definition) is 3. The van der Waals surface area contributed by atoms with E-state index in [1.54, 1.807) is 42.1 Å². The predicted molar refractivity (Wildman–Crippen MR) is 129 cm³/mol. The molecule has 0 unspecified atom stereocenters. The smallest absolute Gasteiger partial charge is 0.263 e. The SMILES string of the molecule is C.O=S(=O)(Nc1ccccn1)c1ccc(N=Cc2c(O)[nH]c3ccc4ncsc4c23)cc1. The molecule has 0 aliphatic carbocycles. The van der Waals surface area contributed by atoms with E-state index in [9.17, 15) is 13.5 Å². The predicted octanol–water partition coefficient (Wildman–Crippen LogP) is 5.07. The molecular formula is C22H19N5O3S2. The standard InChI is InChI=1S/C21H15N5O3S2.CH4/c27-21-15(19-16(25-21)8-9-17-20(19)30-12-24-17)11-23-13-4-6-14(7-5-13)31(28,29)26-18-3-1-2-10-22-18;/h1-12,25,27H,(H,22,26);1H4. The maximum absolute atomic E-state index is 12.5. The van der Waals surface area contributed by atoms with Crippen LogP contribution >= 0.6 is 11.3 Å². The quantitative estimate of drug-likeness (QED) is 0.313. The van der Waals surface area contributed by atoms with Gasteiger partial charge in [-0.2, -0.15) is 0 Å². The molecule has 3 aromatic heterocycles. The number of aromatic nitrogens is 3. The van der Waals surface area contributed by atoms with Gasteiger partial charge in [-0.15, -0.1) is 11.3 Å². The van der Waals surface area contributed by atoms with Crippen molar-refractivity contribution >= 4 is 60.2 Å². The van der Waals surface area contributed by atoms with Crippen LogP contribution in [0.5, 0.6) is 5.88 Å². The van der Waals surface area contributed by atoms with Crippen molar-refractivity contribution in [3.63, 3.8) is 0 Å². The molecule has 0 saturated carbocycles. The van der Waals surface area contributed by atoms with Gasteiger partial charge < -0.3 is 10.1 Å². The normalized spacial score (nSPS) is 11.8. The number of rotatable bonds is 5. The molecule has 8 nitrogen and oxygen atoms in total. The second kappa shape index (κ2) is 8.40. The third-order valence-corrected chi connectivity index (χ3v) is 6.90. The summed E-state index contributed by atoms with van der Waals surface area (Å²) in [6, 6.07) is 14.9. The molecule has 10 heteroatoms. The third-order valence-electron chi connectivity index (χ3n) is 4.67. The number of aromatic hydroxyl groups is 1. The van der Waals surface area contributed by atoms with E-state index in [1.807, 2.05) is 12.1 Å². The summed E-state index contributed by atoms with van der Waals surface area (Å²) >= 11 is 1.49. The number of benzene rings is 2. The van der Waals surface area contributed by atoms with Crippen LogP contribution in [0.2, 0.25) is 0 Å². The van der Waals surface area contributed by atoms with Crippen LogP contribution in [0.1, 0.15) is 13.0 Å². The first-order chi connectivity index (χ1) is 15.0. The van der Waals surface area contributed by atoms with Crippen molar-refractivity contribution in [2.45, 2.75) is 12.3 Å². The van der Waals surface area contributed by atoms with Crippen molar-refractivity contribution in [1.82, 2.24) is 15.0 Å². The first-order valence-corrected chi connectivity index (χ1v) is 11.5. The lowest BCUT2D eigenvalue weighted by Gasteiger charge is -2.07. The van der Waals surface area contributed by atoms with Gasteiger partial charge in [-0.1, -0.05) is 13.5 Å². The largest absolute Gasteiger partial charge is 0.494 e. The Labute approximate surface area is 188 Å². The number of anilines is 1. The maximum Gasteiger partial charge on any atom is 0.263 e. The molecule has 2 aromatic carbocycles. The number of aliphatic imine (C=N–C) groups is 1. The molecular weight excluding hydrogens is 446 g/mol. The van der Waals surface area contributed by atoms with Gasteiger partial charge in [0.05, 0.1) is 37.4 Å². The first kappa shape index (κ1) is 21.5. The zero-order valence-electron chi connectivity index (χ0n) is 15.9. The van der Waals surface area contributed by atoms with Crippen LogP contribution in [0.25, 0.3) is 21.1 Å². The molecule has 0 radical (unpaired) electrons. The Morgan fingerprint density at radius 2 is 1.88 bits per heavy atom. The highest BCUT2D eigenvalue weighted by molar-refractivity contribution is 7.92. The van der Waals surface area contributed by atoms with Crippen molar-refractivity contribution in [3.05, 3.63) is 71.9 Å². The number of fused-ring (bicyclic) bond motifs is 3. The lowest BCUT2D eigenvalue weighted by molar-refractivity contribution is 0.457. The van der Waals surface area contributed by atoms with E-state index >= 15 is 0 Å². The van der Waals surface area contributed by atoms with Gasteiger partial charge in [0, 0.05) is 17.8 Å². The molecule has 0 atom stereocenters. The minimum absolute atomic E-state index is 0. The molecule has 0 bridgehead atoms. The van der Waals surface area contributed by atoms with Gasteiger partial charge in [0.2, 0.25) is 0 Å². The molecule has 0 aliphatic heterocycles. The summed E-state index contributed by atoms with van der Waals surface area (Å²) in [5.74, 6) is 0.257. The number of nitrogens with zero attached hydrogens (tertiary/aromatic N) is 3. The van der Waals surface area contributed by atoms with Gasteiger partial charge in [-0.3, -0.25) is 9.71 Å². The molecule has 0 aliphatic rings. The average Bonchev–Trinajstić information content (AvgIpc) is 3.36. The van der Waals surface area contributed by atoms with Crippen LogP contribution in [0.4, 0.5) is 11.5 Å². The second-order valence-corrected chi connectivity index (χ2v) is 9.19. The highest BCUT2D eigenvalue weighted by Gasteiger charge is 2.15. The molecule has 5 rings (SSSR count). The molecule has 0 fully saturated rings. The summed E-state index contributed by atoms with van der Waals surface area (Å²) in [6.07, 6.45) is 3.07. The Morgan fingerprint density at radius 1 is 1.06 bits per heavy atom. The van der Waals surface area contributed by atoms with E-state index in [0.717, 1.165) is 21.1 Å². The van der Waals surface area contributed by atoms with Gasteiger partial charge >= 0.3 is 0 Å². The van der Waals surface area contributed by atoms with Crippen molar-refractivity contribution in [2.24, 2.45) is 4.99 Å². The zero-order valence-corrected chi connectivity index (χ0v) is 17.5. The van der Waals surface area contributed by atoms with Crippen molar-refractivity contribution in [3.8, 4) is 5.88 Å². The Kier molecular flexibility index (Phi) is 5.64. The van der Waals surface area contributed by atoms with E-state index < -0.39 is 10.0 Å². The molecule has 0 saturated heterocycles. The number of H-pyrrole nitrogens is 1. The molecule has 3 heterocycles. The minimum atomic E-state index is -3.76. The number of nitrogens with one attached hydrogen (secondary N) is 2. The van der Waals surface area contributed by atoms with Crippen LogP contribution in [-0.2, 0) is 10.0 Å². The highest BCUT2D eigenvalue weighted by Crippen LogP contribution is 2.34. The van der Waals surface area contributed by atoms with E-state index in [0.29, 0.717) is 11.3 Å². The Morgan fingerprint density at radius 3 is 2.62 bits per heavy atom. The lowest BCUT2D eigenvalue weighted by Crippen LogP contribution is -2.13. The fourth-order valence-corrected chi connectivity index (χ4v) is 5.07. The summed E-state index contributed by atoms with van der Waals surface area (Å²) in [6.45, 7) is 0. The third kappa shape index (κ3) is 3.93. The zero-order chi connectivity index (χ0) is 21.4. The van der Waals surface area contributed by atoms with Gasteiger partial charge in [-0.05, 0) is 48.5 Å². The summed E-state index contributed by atoms with van der Waals surface area (Å²) in [4.78, 5) is 15.7. The summed E-state index contributed by atoms with van der Waals surface area (Å²) in [5.41, 5.74) is 4.49. The Balaban J connectivity index is 0.00000245. The van der Waals surface area contributed by atoms with E-state index in [4.69, 9.17) is 0 Å². The van der Waals surface area contributed by atoms with Crippen LogP contribution in [-0.4, -0.2) is 34.7 Å². The Bertz CT molecular complexity index is 1520. The molecule has 162 valence electrons. The van der Waals surface area contributed by atoms with Crippen molar-refractivity contribution in [1.29, 1.82) is 0 Å². The van der Waals surface area contributed by atoms with Crippen LogP contribution in [0.3, 0.4) is 0 Å². The molecule has 3 N–H and O–H groups in total. The van der Waals surface area contributed by atoms with Gasteiger partial charge in [0.15, 0.2) is 5.88 Å². The monoisotopic (exact) mass is 465 g/mol. The van der Waals surface area contributed by atoms with Crippen molar-refractivity contribution in [2.75, 3.05) is 4.72 Å². The number of hydrogen-bond acceptors (Lipinski definition) is 7. The lowest BCUT2D eigenvalue weighted by atomic mass is 10.1. The summed E-state index contributed by atoms with van der Waals surface area (Å²) in [5, 5.41) is 11.2.